The molecule has 5 nitrogen and oxygen atoms in total. The minimum Gasteiger partial charge on any atom is -0.399 e. The average molecular weight is 190 g/mol. The van der Waals surface area contributed by atoms with E-state index in [2.05, 4.69) is 10.6 Å². The lowest BCUT2D eigenvalue weighted by Crippen LogP contribution is -2.28. The molecule has 0 atom stereocenters. The van der Waals surface area contributed by atoms with Crippen LogP contribution in [0.4, 0.5) is 16.2 Å². The lowest BCUT2D eigenvalue weighted by atomic mass is 10.3. The molecule has 0 heterocycles. The molecule has 0 aliphatic rings. The predicted octanol–water partition coefficient (Wildman–Crippen LogP) is 0.914. The smallest absolute Gasteiger partial charge is 0.320 e. The number of nitrogens with zero attached hydrogens (tertiary/aromatic N) is 1. The second-order valence-corrected chi connectivity index (χ2v) is 2.59. The number of urea groups is 1. The van der Waals surface area contributed by atoms with Crippen molar-refractivity contribution in [2.24, 2.45) is 0 Å². The number of carbonyl (C=O) groups excluding carboxylic acids is 1. The van der Waals surface area contributed by atoms with Crippen molar-refractivity contribution in [1.29, 1.82) is 5.26 Å². The zero-order valence-electron chi connectivity index (χ0n) is 7.45. The van der Waals surface area contributed by atoms with Gasteiger partial charge in [-0.15, -0.1) is 0 Å². The molecule has 5 heteroatoms. The zero-order chi connectivity index (χ0) is 10.4. The highest BCUT2D eigenvalue weighted by Gasteiger charge is 1.98. The third-order valence-corrected chi connectivity index (χ3v) is 1.50. The minimum atomic E-state index is -0.406. The fraction of sp³-hybridized carbons (Fsp3) is 0.111. The summed E-state index contributed by atoms with van der Waals surface area (Å²) in [6.07, 6.45) is 0. The molecule has 0 aliphatic carbocycles. The maximum absolute atomic E-state index is 11.1. The highest BCUT2D eigenvalue weighted by atomic mass is 16.2. The van der Waals surface area contributed by atoms with E-state index in [1.165, 1.54) is 0 Å². The highest BCUT2D eigenvalue weighted by molar-refractivity contribution is 5.89. The number of nitrogens with one attached hydrogen (secondary N) is 2. The van der Waals surface area contributed by atoms with Gasteiger partial charge in [-0.2, -0.15) is 5.26 Å². The molecular weight excluding hydrogens is 180 g/mol. The molecule has 0 bridgehead atoms. The summed E-state index contributed by atoms with van der Waals surface area (Å²) in [7, 11) is 0. The molecule has 1 aromatic carbocycles. The van der Waals surface area contributed by atoms with Crippen LogP contribution in [0.1, 0.15) is 0 Å². The van der Waals surface area contributed by atoms with E-state index in [1.807, 2.05) is 0 Å². The zero-order valence-corrected chi connectivity index (χ0v) is 7.45. The number of rotatable bonds is 2. The second kappa shape index (κ2) is 4.72. The summed E-state index contributed by atoms with van der Waals surface area (Å²) < 4.78 is 0. The first-order chi connectivity index (χ1) is 6.72. The van der Waals surface area contributed by atoms with E-state index < -0.39 is 6.03 Å². The number of carbonyl (C=O) groups is 1. The van der Waals surface area contributed by atoms with Gasteiger partial charge in [-0.1, -0.05) is 0 Å². The second-order valence-electron chi connectivity index (χ2n) is 2.59. The lowest BCUT2D eigenvalue weighted by molar-refractivity contribution is 0.253. The fourth-order valence-corrected chi connectivity index (χ4v) is 0.862. The highest BCUT2D eigenvalue weighted by Crippen LogP contribution is 2.09. The molecule has 4 N–H and O–H groups in total. The lowest BCUT2D eigenvalue weighted by Gasteiger charge is -2.04. The summed E-state index contributed by atoms with van der Waals surface area (Å²) in [6.45, 7) is -0.0131. The van der Waals surface area contributed by atoms with E-state index in [4.69, 9.17) is 11.0 Å². The summed E-state index contributed by atoms with van der Waals surface area (Å²) in [5, 5.41) is 13.1. The Morgan fingerprint density at radius 1 is 1.43 bits per heavy atom. The molecule has 2 amide bonds. The minimum absolute atomic E-state index is 0.0131. The maximum atomic E-state index is 11.1. The van der Waals surface area contributed by atoms with Crippen molar-refractivity contribution in [3.8, 4) is 6.07 Å². The molecule has 1 rings (SSSR count). The van der Waals surface area contributed by atoms with Crippen molar-refractivity contribution >= 4 is 17.4 Å². The van der Waals surface area contributed by atoms with Crippen LogP contribution in [0.2, 0.25) is 0 Å². The van der Waals surface area contributed by atoms with Crippen molar-refractivity contribution in [2.75, 3.05) is 17.6 Å². The molecular formula is C9H10N4O. The number of benzene rings is 1. The van der Waals surface area contributed by atoms with E-state index in [9.17, 15) is 4.79 Å². The van der Waals surface area contributed by atoms with Crippen LogP contribution < -0.4 is 16.4 Å². The Labute approximate surface area is 81.5 Å². The number of anilines is 2. The van der Waals surface area contributed by atoms with Gasteiger partial charge in [-0.25, -0.2) is 4.79 Å². The quantitative estimate of drug-likeness (QED) is 0.478. The number of hydrogen-bond donors (Lipinski definition) is 3. The molecule has 14 heavy (non-hydrogen) atoms. The Morgan fingerprint density at radius 3 is 2.64 bits per heavy atom. The standard InChI is InChI=1S/C9H10N4O/c10-5-6-12-9(14)13-8-3-1-7(11)2-4-8/h1-4H,6,11H2,(H2,12,13,14). The Morgan fingerprint density at radius 2 is 2.07 bits per heavy atom. The summed E-state index contributed by atoms with van der Waals surface area (Å²) in [5.41, 5.74) is 6.73. The van der Waals surface area contributed by atoms with E-state index in [0.717, 1.165) is 0 Å². The van der Waals surface area contributed by atoms with Crippen LogP contribution in [-0.2, 0) is 0 Å². The Hall–Kier alpha value is -2.22. The van der Waals surface area contributed by atoms with Crippen molar-refractivity contribution in [2.45, 2.75) is 0 Å². The molecule has 0 saturated heterocycles. The van der Waals surface area contributed by atoms with Gasteiger partial charge in [0.05, 0.1) is 6.07 Å². The molecule has 0 unspecified atom stereocenters. The van der Waals surface area contributed by atoms with Gasteiger partial charge in [0.25, 0.3) is 0 Å². The summed E-state index contributed by atoms with van der Waals surface area (Å²) in [6, 6.07) is 8.12. The number of nitriles is 1. The molecule has 1 aromatic rings. The van der Waals surface area contributed by atoms with Crippen LogP contribution in [0.5, 0.6) is 0 Å². The van der Waals surface area contributed by atoms with Gasteiger partial charge in [0, 0.05) is 11.4 Å². The summed E-state index contributed by atoms with van der Waals surface area (Å²) >= 11 is 0. The van der Waals surface area contributed by atoms with E-state index >= 15 is 0 Å². The third kappa shape index (κ3) is 3.03. The SMILES string of the molecule is N#CCNC(=O)Nc1ccc(N)cc1. The van der Waals surface area contributed by atoms with Crippen molar-refractivity contribution in [3.05, 3.63) is 24.3 Å². The van der Waals surface area contributed by atoms with Gasteiger partial charge in [0.1, 0.15) is 6.54 Å². The van der Waals surface area contributed by atoms with Crippen LogP contribution in [-0.4, -0.2) is 12.6 Å². The van der Waals surface area contributed by atoms with Crippen LogP contribution in [0, 0.1) is 11.3 Å². The van der Waals surface area contributed by atoms with Crippen LogP contribution >= 0.6 is 0 Å². The number of hydrogen-bond acceptors (Lipinski definition) is 3. The Bertz CT molecular complexity index is 352. The first-order valence-corrected chi connectivity index (χ1v) is 3.99. The average Bonchev–Trinajstić information content (AvgIpc) is 2.18. The van der Waals surface area contributed by atoms with Gasteiger partial charge >= 0.3 is 6.03 Å². The summed E-state index contributed by atoms with van der Waals surface area (Å²) in [4.78, 5) is 11.1. The number of nitrogens with two attached hydrogens (primary N) is 1. The molecule has 0 aliphatic heterocycles. The first kappa shape index (κ1) is 9.86. The van der Waals surface area contributed by atoms with Crippen molar-refractivity contribution in [1.82, 2.24) is 5.32 Å². The van der Waals surface area contributed by atoms with Crippen molar-refractivity contribution in [3.63, 3.8) is 0 Å². The van der Waals surface area contributed by atoms with Gasteiger partial charge < -0.3 is 16.4 Å². The van der Waals surface area contributed by atoms with Crippen LogP contribution in [0.15, 0.2) is 24.3 Å². The van der Waals surface area contributed by atoms with Gasteiger partial charge in [0.2, 0.25) is 0 Å². The van der Waals surface area contributed by atoms with Gasteiger partial charge in [-0.05, 0) is 24.3 Å². The van der Waals surface area contributed by atoms with E-state index in [0.29, 0.717) is 11.4 Å². The Balaban J connectivity index is 2.49. The first-order valence-electron chi connectivity index (χ1n) is 3.99. The van der Waals surface area contributed by atoms with Crippen LogP contribution in [0.25, 0.3) is 0 Å². The molecule has 0 spiro atoms. The predicted molar refractivity (Wildman–Crippen MR) is 53.5 cm³/mol. The Kier molecular flexibility index (Phi) is 3.33. The fourth-order valence-electron chi connectivity index (χ4n) is 0.862. The largest absolute Gasteiger partial charge is 0.399 e. The maximum Gasteiger partial charge on any atom is 0.320 e. The topological polar surface area (TPSA) is 90.9 Å². The summed E-state index contributed by atoms with van der Waals surface area (Å²) in [5.74, 6) is 0. The van der Waals surface area contributed by atoms with Crippen LogP contribution in [0.3, 0.4) is 0 Å². The van der Waals surface area contributed by atoms with Crippen molar-refractivity contribution < 1.29 is 4.79 Å². The van der Waals surface area contributed by atoms with Gasteiger partial charge in [0.15, 0.2) is 0 Å². The molecule has 0 aromatic heterocycles. The monoisotopic (exact) mass is 190 g/mol. The molecule has 0 fully saturated rings. The molecule has 0 saturated carbocycles. The number of nitrogen functional groups attached to an aromatic ring is 1. The van der Waals surface area contributed by atoms with E-state index in [1.54, 1.807) is 30.3 Å². The molecule has 72 valence electrons. The van der Waals surface area contributed by atoms with E-state index in [-0.39, 0.29) is 6.54 Å². The number of amides is 2. The third-order valence-electron chi connectivity index (χ3n) is 1.50. The molecule has 0 radical (unpaired) electrons. The van der Waals surface area contributed by atoms with Gasteiger partial charge in [-0.3, -0.25) is 0 Å². The normalized spacial score (nSPS) is 8.79.